The summed E-state index contributed by atoms with van der Waals surface area (Å²) in [6, 6.07) is 7.90. The predicted molar refractivity (Wildman–Crippen MR) is 99.5 cm³/mol. The summed E-state index contributed by atoms with van der Waals surface area (Å²) < 4.78 is 13.4. The molecule has 0 aliphatic carbocycles. The van der Waals surface area contributed by atoms with Crippen LogP contribution in [0, 0.1) is 6.92 Å². The summed E-state index contributed by atoms with van der Waals surface area (Å²) in [5.41, 5.74) is 3.69. The van der Waals surface area contributed by atoms with Crippen LogP contribution in [0.2, 0.25) is 0 Å². The number of ether oxygens (including phenoxy) is 2. The van der Waals surface area contributed by atoms with Gasteiger partial charge in [0.1, 0.15) is 12.4 Å². The molecule has 2 aromatic rings. The lowest BCUT2D eigenvalue weighted by atomic mass is 9.99. The van der Waals surface area contributed by atoms with E-state index < -0.39 is 0 Å². The average molecular weight is 357 g/mol. The fraction of sp³-hybridized carbons (Fsp3) is 0.500. The van der Waals surface area contributed by atoms with Gasteiger partial charge in [-0.05, 0) is 38.5 Å². The zero-order valence-electron chi connectivity index (χ0n) is 16.2. The molecule has 140 valence electrons. The Hall–Kier alpha value is -2.34. The van der Waals surface area contributed by atoms with E-state index in [0.717, 1.165) is 22.6 Å². The number of aryl methyl sites for hydroxylation is 2. The minimum absolute atomic E-state index is 0.0530. The summed E-state index contributed by atoms with van der Waals surface area (Å²) >= 11 is 0. The van der Waals surface area contributed by atoms with Crippen molar-refractivity contribution in [3.63, 3.8) is 0 Å². The number of carbonyl (C=O) groups excluding carboxylic acids is 1. The maximum Gasteiger partial charge on any atom is 0.274 e. The Morgan fingerprint density at radius 1 is 1.42 bits per heavy atom. The second-order valence-electron chi connectivity index (χ2n) is 7.02. The van der Waals surface area contributed by atoms with E-state index in [-0.39, 0.29) is 18.1 Å². The highest BCUT2D eigenvalue weighted by Gasteiger charge is 2.32. The predicted octanol–water partition coefficient (Wildman–Crippen LogP) is 2.90. The van der Waals surface area contributed by atoms with Crippen LogP contribution in [0.1, 0.15) is 47.3 Å². The summed E-state index contributed by atoms with van der Waals surface area (Å²) in [7, 11) is 3.65. The Balaban J connectivity index is 1.66. The largest absolute Gasteiger partial charge is 0.492 e. The van der Waals surface area contributed by atoms with Crippen molar-refractivity contribution in [2.75, 3.05) is 20.2 Å². The molecule has 2 atom stereocenters. The zero-order chi connectivity index (χ0) is 18.8. The van der Waals surface area contributed by atoms with Crippen molar-refractivity contribution < 1.29 is 14.3 Å². The van der Waals surface area contributed by atoms with Crippen molar-refractivity contribution in [3.8, 4) is 5.75 Å². The molecule has 0 fully saturated rings. The van der Waals surface area contributed by atoms with Crippen molar-refractivity contribution in [2.45, 2.75) is 39.4 Å². The molecule has 0 saturated heterocycles. The quantitative estimate of drug-likeness (QED) is 0.826. The highest BCUT2D eigenvalue weighted by Crippen LogP contribution is 2.32. The molecule has 1 aromatic heterocycles. The fourth-order valence-electron chi connectivity index (χ4n) is 3.50. The van der Waals surface area contributed by atoms with Gasteiger partial charge in [-0.2, -0.15) is 5.10 Å². The minimum atomic E-state index is -0.0732. The van der Waals surface area contributed by atoms with E-state index in [0.29, 0.717) is 25.3 Å². The van der Waals surface area contributed by atoms with Crippen LogP contribution in [0.4, 0.5) is 0 Å². The van der Waals surface area contributed by atoms with E-state index in [2.05, 4.69) is 5.10 Å². The SMILES string of the molecule is Cc1cccc(OCCN(C)C(=O)c2nn(C)c3c2C[C@@H](C)O[C@H]3C)c1. The van der Waals surface area contributed by atoms with Gasteiger partial charge in [0, 0.05) is 26.1 Å². The number of benzene rings is 1. The fourth-order valence-corrected chi connectivity index (χ4v) is 3.50. The highest BCUT2D eigenvalue weighted by atomic mass is 16.5. The number of hydrogen-bond acceptors (Lipinski definition) is 4. The first-order valence-electron chi connectivity index (χ1n) is 9.03. The van der Waals surface area contributed by atoms with E-state index in [9.17, 15) is 4.79 Å². The number of nitrogens with zero attached hydrogens (tertiary/aromatic N) is 3. The molecular formula is C20H27N3O3. The van der Waals surface area contributed by atoms with Crippen LogP contribution in [0.15, 0.2) is 24.3 Å². The number of aromatic nitrogens is 2. The standard InChI is InChI=1S/C20H27N3O3/c1-13-7-6-8-16(11-13)25-10-9-22(4)20(24)18-17-12-14(2)26-15(3)19(17)23(5)21-18/h6-8,11,14-15H,9-10,12H2,1-5H3/t14-,15+/m1/s1. The van der Waals surface area contributed by atoms with E-state index in [1.54, 1.807) is 16.6 Å². The molecule has 1 amide bonds. The smallest absolute Gasteiger partial charge is 0.274 e. The zero-order valence-corrected chi connectivity index (χ0v) is 16.2. The van der Waals surface area contributed by atoms with Crippen molar-refractivity contribution in [1.29, 1.82) is 0 Å². The molecule has 0 N–H and O–H groups in total. The number of hydrogen-bond donors (Lipinski definition) is 0. The van der Waals surface area contributed by atoms with Gasteiger partial charge in [0.2, 0.25) is 0 Å². The van der Waals surface area contributed by atoms with E-state index in [4.69, 9.17) is 9.47 Å². The topological polar surface area (TPSA) is 56.6 Å². The number of fused-ring (bicyclic) bond motifs is 1. The molecule has 1 aliphatic rings. The van der Waals surface area contributed by atoms with Gasteiger partial charge in [-0.3, -0.25) is 9.48 Å². The molecule has 1 aliphatic heterocycles. The van der Waals surface area contributed by atoms with Gasteiger partial charge in [-0.25, -0.2) is 0 Å². The summed E-state index contributed by atoms with van der Waals surface area (Å²) in [6.45, 7) is 7.00. The molecule has 2 heterocycles. The third kappa shape index (κ3) is 3.75. The van der Waals surface area contributed by atoms with E-state index >= 15 is 0 Å². The number of rotatable bonds is 5. The molecule has 0 spiro atoms. The monoisotopic (exact) mass is 357 g/mol. The maximum atomic E-state index is 12.9. The molecule has 0 unspecified atom stereocenters. The molecular weight excluding hydrogens is 330 g/mol. The van der Waals surface area contributed by atoms with Crippen molar-refractivity contribution >= 4 is 5.91 Å². The second-order valence-corrected chi connectivity index (χ2v) is 7.02. The Bertz CT molecular complexity index is 800. The van der Waals surface area contributed by atoms with Gasteiger partial charge in [-0.1, -0.05) is 12.1 Å². The van der Waals surface area contributed by atoms with Crippen LogP contribution >= 0.6 is 0 Å². The van der Waals surface area contributed by atoms with E-state index in [1.807, 2.05) is 52.1 Å². The minimum Gasteiger partial charge on any atom is -0.492 e. The van der Waals surface area contributed by atoms with Crippen molar-refractivity contribution in [3.05, 3.63) is 46.8 Å². The lowest BCUT2D eigenvalue weighted by molar-refractivity contribution is -0.00906. The van der Waals surface area contributed by atoms with Gasteiger partial charge in [-0.15, -0.1) is 0 Å². The number of carbonyl (C=O) groups is 1. The lowest BCUT2D eigenvalue weighted by Crippen LogP contribution is -2.32. The van der Waals surface area contributed by atoms with Crippen LogP contribution in [0.5, 0.6) is 5.75 Å². The summed E-state index contributed by atoms with van der Waals surface area (Å²) in [5.74, 6) is 0.747. The third-order valence-corrected chi connectivity index (χ3v) is 4.74. The first kappa shape index (κ1) is 18.5. The molecule has 6 heteroatoms. The summed E-state index contributed by atoms with van der Waals surface area (Å²) in [5, 5.41) is 4.48. The maximum absolute atomic E-state index is 12.9. The van der Waals surface area contributed by atoms with Gasteiger partial charge in [0.15, 0.2) is 5.69 Å². The van der Waals surface area contributed by atoms with Crippen LogP contribution < -0.4 is 4.74 Å². The molecule has 0 saturated carbocycles. The van der Waals surface area contributed by atoms with Crippen LogP contribution in [-0.2, 0) is 18.2 Å². The molecule has 26 heavy (non-hydrogen) atoms. The van der Waals surface area contributed by atoms with Gasteiger partial charge >= 0.3 is 0 Å². The number of likely N-dealkylation sites (N-methyl/N-ethyl adjacent to an activating group) is 1. The molecule has 1 aromatic carbocycles. The number of amides is 1. The Labute approximate surface area is 154 Å². The van der Waals surface area contributed by atoms with Gasteiger partial charge in [0.05, 0.1) is 24.4 Å². The van der Waals surface area contributed by atoms with Crippen molar-refractivity contribution in [2.24, 2.45) is 7.05 Å². The Morgan fingerprint density at radius 2 is 2.19 bits per heavy atom. The lowest BCUT2D eigenvalue weighted by Gasteiger charge is -2.26. The average Bonchev–Trinajstić information content (AvgIpc) is 2.90. The molecule has 6 nitrogen and oxygen atoms in total. The van der Waals surface area contributed by atoms with Gasteiger partial charge in [0.25, 0.3) is 5.91 Å². The summed E-state index contributed by atoms with van der Waals surface area (Å²) in [4.78, 5) is 14.6. The Morgan fingerprint density at radius 3 is 2.92 bits per heavy atom. The van der Waals surface area contributed by atoms with Crippen LogP contribution in [0.3, 0.4) is 0 Å². The second kappa shape index (κ2) is 7.50. The van der Waals surface area contributed by atoms with E-state index in [1.165, 1.54) is 0 Å². The Kier molecular flexibility index (Phi) is 5.32. The first-order valence-corrected chi connectivity index (χ1v) is 9.03. The molecule has 0 radical (unpaired) electrons. The first-order chi connectivity index (χ1) is 12.4. The highest BCUT2D eigenvalue weighted by molar-refractivity contribution is 5.94. The van der Waals surface area contributed by atoms with Crippen LogP contribution in [-0.4, -0.2) is 46.9 Å². The third-order valence-electron chi connectivity index (χ3n) is 4.74. The summed E-state index contributed by atoms with van der Waals surface area (Å²) in [6.07, 6.45) is 0.744. The molecule has 3 rings (SSSR count). The van der Waals surface area contributed by atoms with Gasteiger partial charge < -0.3 is 14.4 Å². The van der Waals surface area contributed by atoms with Crippen molar-refractivity contribution in [1.82, 2.24) is 14.7 Å². The van der Waals surface area contributed by atoms with Crippen LogP contribution in [0.25, 0.3) is 0 Å². The normalized spacial score (nSPS) is 19.1. The molecule has 0 bridgehead atoms.